The summed E-state index contributed by atoms with van der Waals surface area (Å²) in [5.41, 5.74) is 5.54. The van der Waals surface area contributed by atoms with Crippen molar-refractivity contribution in [2.45, 2.75) is 20.4 Å². The highest BCUT2D eigenvalue weighted by Gasteiger charge is 2.22. The molecule has 0 spiro atoms. The second-order valence-electron chi connectivity index (χ2n) is 5.64. The molecule has 2 aromatic carbocycles. The molecule has 2 heterocycles. The highest BCUT2D eigenvalue weighted by molar-refractivity contribution is 9.10. The van der Waals surface area contributed by atoms with E-state index in [2.05, 4.69) is 74.0 Å². The number of hydrogen-bond acceptors (Lipinski definition) is 3. The smallest absolute Gasteiger partial charge is 0.159 e. The van der Waals surface area contributed by atoms with Crippen molar-refractivity contribution in [1.29, 1.82) is 0 Å². The Morgan fingerprint density at radius 1 is 1.00 bits per heavy atom. The molecule has 0 radical (unpaired) electrons. The summed E-state index contributed by atoms with van der Waals surface area (Å²) < 4.78 is 3.13. The molecule has 0 aliphatic carbocycles. The van der Waals surface area contributed by atoms with Crippen LogP contribution in [0.15, 0.2) is 51.9 Å². The molecule has 1 aliphatic rings. The van der Waals surface area contributed by atoms with Crippen molar-refractivity contribution in [2.75, 3.05) is 0 Å². The maximum Gasteiger partial charge on any atom is 0.159 e. The molecule has 1 aliphatic heterocycles. The number of aromatic nitrogens is 3. The zero-order chi connectivity index (χ0) is 16.0. The van der Waals surface area contributed by atoms with Crippen LogP contribution in [0.4, 0.5) is 0 Å². The van der Waals surface area contributed by atoms with Crippen molar-refractivity contribution in [3.05, 3.63) is 75.3 Å². The van der Waals surface area contributed by atoms with Gasteiger partial charge in [0.15, 0.2) is 5.82 Å². The first-order chi connectivity index (χ1) is 11.1. The van der Waals surface area contributed by atoms with Crippen LogP contribution in [0.1, 0.15) is 28.3 Å². The van der Waals surface area contributed by atoms with Gasteiger partial charge >= 0.3 is 0 Å². The predicted molar refractivity (Wildman–Crippen MR) is 94.3 cm³/mol. The van der Waals surface area contributed by atoms with Crippen LogP contribution in [-0.4, -0.2) is 20.5 Å². The molecule has 0 saturated carbocycles. The molecule has 0 bridgehead atoms. The number of halogens is 1. The zero-order valence-electron chi connectivity index (χ0n) is 12.9. The molecular weight excluding hydrogens is 352 g/mol. The second kappa shape index (κ2) is 5.42. The lowest BCUT2D eigenvalue weighted by atomic mass is 9.97. The molecule has 23 heavy (non-hydrogen) atoms. The monoisotopic (exact) mass is 366 g/mol. The van der Waals surface area contributed by atoms with Crippen LogP contribution in [0.3, 0.4) is 0 Å². The van der Waals surface area contributed by atoms with Gasteiger partial charge in [0.05, 0.1) is 11.4 Å². The van der Waals surface area contributed by atoms with E-state index in [1.165, 1.54) is 5.56 Å². The summed E-state index contributed by atoms with van der Waals surface area (Å²) in [4.78, 5) is 4.86. The maximum absolute atomic E-state index is 4.86. The largest absolute Gasteiger partial charge is 0.281 e. The van der Waals surface area contributed by atoms with Crippen LogP contribution in [0, 0.1) is 13.8 Å². The lowest BCUT2D eigenvalue weighted by molar-refractivity contribution is 0.861. The zero-order valence-corrected chi connectivity index (χ0v) is 14.5. The molecule has 0 fully saturated rings. The third-order valence-electron chi connectivity index (χ3n) is 4.13. The third-order valence-corrected chi connectivity index (χ3v) is 4.62. The molecule has 1 aromatic heterocycles. The van der Waals surface area contributed by atoms with Crippen LogP contribution in [0.5, 0.6) is 0 Å². The van der Waals surface area contributed by atoms with E-state index in [0.29, 0.717) is 6.54 Å². The molecule has 0 saturated heterocycles. The van der Waals surface area contributed by atoms with E-state index in [0.717, 1.165) is 38.6 Å². The van der Waals surface area contributed by atoms with Crippen LogP contribution >= 0.6 is 15.9 Å². The predicted octanol–water partition coefficient (Wildman–Crippen LogP) is 4.00. The van der Waals surface area contributed by atoms with Gasteiger partial charge in [0, 0.05) is 15.6 Å². The van der Waals surface area contributed by atoms with Crippen LogP contribution < -0.4 is 0 Å². The quantitative estimate of drug-likeness (QED) is 0.653. The highest BCUT2D eigenvalue weighted by Crippen LogP contribution is 2.28. The van der Waals surface area contributed by atoms with E-state index in [-0.39, 0.29) is 0 Å². The summed E-state index contributed by atoms with van der Waals surface area (Å²) in [5.74, 6) is 1.75. The maximum atomic E-state index is 4.86. The van der Waals surface area contributed by atoms with Crippen LogP contribution in [-0.2, 0) is 6.54 Å². The Bertz CT molecular complexity index is 940. The van der Waals surface area contributed by atoms with Gasteiger partial charge in [0.2, 0.25) is 0 Å². The minimum atomic E-state index is 0.525. The topological polar surface area (TPSA) is 43.1 Å². The molecule has 0 N–H and O–H groups in total. The molecule has 4 rings (SSSR count). The first-order valence-electron chi connectivity index (χ1n) is 7.47. The fraction of sp³-hybridized carbons (Fsp3) is 0.167. The fourth-order valence-corrected chi connectivity index (χ4v) is 3.38. The second-order valence-corrected chi connectivity index (χ2v) is 6.56. The lowest BCUT2D eigenvalue weighted by Gasteiger charge is -2.14. The number of nitrogens with zero attached hydrogens (tertiary/aromatic N) is 4. The number of aryl methyl sites for hydroxylation is 2. The Labute approximate surface area is 143 Å². The molecule has 0 atom stereocenters. The molecule has 3 aromatic rings. The Balaban J connectivity index is 2.03. The first kappa shape index (κ1) is 14.3. The van der Waals surface area contributed by atoms with Crippen molar-refractivity contribution in [3.8, 4) is 5.69 Å². The third kappa shape index (κ3) is 2.32. The van der Waals surface area contributed by atoms with Crippen LogP contribution in [0.25, 0.3) is 5.69 Å². The summed E-state index contributed by atoms with van der Waals surface area (Å²) in [6.45, 7) is 4.61. The van der Waals surface area contributed by atoms with Gasteiger partial charge in [-0.3, -0.25) is 9.56 Å². The number of aliphatic imine (C=N–C) groups is 1. The van der Waals surface area contributed by atoms with Gasteiger partial charge in [-0.2, -0.15) is 0 Å². The van der Waals surface area contributed by atoms with E-state index in [9.17, 15) is 0 Å². The number of benzene rings is 2. The first-order valence-corrected chi connectivity index (χ1v) is 8.26. The minimum absolute atomic E-state index is 0.525. The summed E-state index contributed by atoms with van der Waals surface area (Å²) >= 11 is 3.59. The number of hydrogen-bond donors (Lipinski definition) is 0. The molecule has 4 nitrogen and oxygen atoms in total. The Kier molecular flexibility index (Phi) is 3.38. The van der Waals surface area contributed by atoms with E-state index in [1.54, 1.807) is 0 Å². The SMILES string of the molecule is Cc1ccccc1C1=NCc2nnc(C)n2-c2ccc(Br)cc21. The summed E-state index contributed by atoms with van der Waals surface area (Å²) in [5, 5.41) is 8.49. The minimum Gasteiger partial charge on any atom is -0.281 e. The Morgan fingerprint density at radius 3 is 2.65 bits per heavy atom. The summed E-state index contributed by atoms with van der Waals surface area (Å²) in [6.07, 6.45) is 0. The summed E-state index contributed by atoms with van der Waals surface area (Å²) in [7, 11) is 0. The molecule has 0 unspecified atom stereocenters. The van der Waals surface area contributed by atoms with Gasteiger partial charge in [0.1, 0.15) is 12.4 Å². The summed E-state index contributed by atoms with van der Waals surface area (Å²) in [6, 6.07) is 14.6. The van der Waals surface area contributed by atoms with Gasteiger partial charge in [-0.25, -0.2) is 0 Å². The van der Waals surface area contributed by atoms with Gasteiger partial charge in [-0.15, -0.1) is 10.2 Å². The lowest BCUT2D eigenvalue weighted by Crippen LogP contribution is -2.09. The van der Waals surface area contributed by atoms with Crippen molar-refractivity contribution in [1.82, 2.24) is 14.8 Å². The van der Waals surface area contributed by atoms with Gasteiger partial charge < -0.3 is 0 Å². The van der Waals surface area contributed by atoms with E-state index < -0.39 is 0 Å². The normalized spacial score (nSPS) is 13.1. The van der Waals surface area contributed by atoms with E-state index in [1.807, 2.05) is 13.0 Å². The average molecular weight is 367 g/mol. The van der Waals surface area contributed by atoms with Gasteiger partial charge in [-0.1, -0.05) is 40.2 Å². The van der Waals surface area contributed by atoms with E-state index in [4.69, 9.17) is 4.99 Å². The van der Waals surface area contributed by atoms with Crippen molar-refractivity contribution < 1.29 is 0 Å². The van der Waals surface area contributed by atoms with Crippen molar-refractivity contribution in [3.63, 3.8) is 0 Å². The van der Waals surface area contributed by atoms with Crippen molar-refractivity contribution in [2.24, 2.45) is 4.99 Å². The van der Waals surface area contributed by atoms with Gasteiger partial charge in [0.25, 0.3) is 0 Å². The average Bonchev–Trinajstić information content (AvgIpc) is 2.82. The molecular formula is C18H15BrN4. The van der Waals surface area contributed by atoms with Crippen molar-refractivity contribution >= 4 is 21.6 Å². The molecule has 0 amide bonds. The van der Waals surface area contributed by atoms with Crippen LogP contribution in [0.2, 0.25) is 0 Å². The number of rotatable bonds is 1. The standard InChI is InChI=1S/C18H15BrN4/c1-11-5-3-4-6-14(11)18-15-9-13(19)7-8-16(15)23-12(2)21-22-17(23)10-20-18/h3-9H,10H2,1-2H3. The Morgan fingerprint density at radius 2 is 1.83 bits per heavy atom. The number of fused-ring (bicyclic) bond motifs is 3. The fourth-order valence-electron chi connectivity index (χ4n) is 3.02. The van der Waals surface area contributed by atoms with Gasteiger partial charge in [-0.05, 0) is 37.6 Å². The Hall–Kier alpha value is -2.27. The molecule has 5 heteroatoms. The highest BCUT2D eigenvalue weighted by atomic mass is 79.9. The van der Waals surface area contributed by atoms with E-state index >= 15 is 0 Å². The molecule has 114 valence electrons.